The van der Waals surface area contributed by atoms with Crippen molar-refractivity contribution in [2.45, 2.75) is 9.79 Å². The van der Waals surface area contributed by atoms with E-state index in [-0.39, 0.29) is 19.5 Å². The molecular formula is C12H10SZn. The summed E-state index contributed by atoms with van der Waals surface area (Å²) < 4.78 is 0. The molecule has 2 rings (SSSR count). The maximum Gasteiger partial charge on any atom is 0.0122 e. The fourth-order valence-corrected chi connectivity index (χ4v) is 1.97. The maximum atomic E-state index is 2.12. The Morgan fingerprint density at radius 2 is 0.929 bits per heavy atom. The van der Waals surface area contributed by atoms with Crippen LogP contribution in [-0.4, -0.2) is 0 Å². The van der Waals surface area contributed by atoms with E-state index in [0.717, 1.165) is 0 Å². The first-order chi connectivity index (χ1) is 6.45. The quantitative estimate of drug-likeness (QED) is 0.731. The molecule has 0 aliphatic rings. The average Bonchev–Trinajstić information content (AvgIpc) is 2.21. The second-order valence-corrected chi connectivity index (χ2v) is 3.88. The molecule has 0 aromatic heterocycles. The van der Waals surface area contributed by atoms with Gasteiger partial charge in [0.25, 0.3) is 0 Å². The predicted octanol–water partition coefficient (Wildman–Crippen LogP) is 3.84. The van der Waals surface area contributed by atoms with Crippen molar-refractivity contribution in [1.82, 2.24) is 0 Å². The monoisotopic (exact) mass is 250 g/mol. The van der Waals surface area contributed by atoms with Crippen molar-refractivity contribution in [3.8, 4) is 0 Å². The van der Waals surface area contributed by atoms with Crippen molar-refractivity contribution in [2.24, 2.45) is 0 Å². The molecule has 0 aliphatic heterocycles. The summed E-state index contributed by atoms with van der Waals surface area (Å²) in [6.07, 6.45) is 0. The SMILES string of the molecule is [Zn].c1ccc(Sc2ccccc2)cc1. The van der Waals surface area contributed by atoms with Crippen LogP contribution in [0.25, 0.3) is 0 Å². The van der Waals surface area contributed by atoms with Crippen molar-refractivity contribution in [3.63, 3.8) is 0 Å². The van der Waals surface area contributed by atoms with E-state index in [1.54, 1.807) is 11.8 Å². The van der Waals surface area contributed by atoms with Gasteiger partial charge in [-0.25, -0.2) is 0 Å². The zero-order valence-corrected chi connectivity index (χ0v) is 11.7. The number of hydrogen-bond donors (Lipinski definition) is 0. The van der Waals surface area contributed by atoms with Crippen molar-refractivity contribution >= 4 is 11.8 Å². The van der Waals surface area contributed by atoms with Crippen molar-refractivity contribution in [1.29, 1.82) is 0 Å². The fourth-order valence-electron chi connectivity index (χ4n) is 1.11. The molecule has 0 radical (unpaired) electrons. The minimum Gasteiger partial charge on any atom is -0.0901 e. The van der Waals surface area contributed by atoms with Crippen LogP contribution in [0.1, 0.15) is 0 Å². The van der Waals surface area contributed by atoms with Crippen LogP contribution in [0, 0.1) is 0 Å². The van der Waals surface area contributed by atoms with Crippen LogP contribution in [0.15, 0.2) is 70.5 Å². The molecule has 0 nitrogen and oxygen atoms in total. The Balaban J connectivity index is 0.000000980. The van der Waals surface area contributed by atoms with E-state index < -0.39 is 0 Å². The number of benzene rings is 2. The molecule has 0 heterocycles. The summed E-state index contributed by atoms with van der Waals surface area (Å²) in [4.78, 5) is 2.57. The van der Waals surface area contributed by atoms with Crippen LogP contribution in [-0.2, 0) is 19.5 Å². The minimum atomic E-state index is 0. The van der Waals surface area contributed by atoms with E-state index in [0.29, 0.717) is 0 Å². The first-order valence-electron chi connectivity index (χ1n) is 4.23. The normalized spacial score (nSPS) is 9.14. The van der Waals surface area contributed by atoms with Crippen molar-refractivity contribution in [3.05, 3.63) is 60.7 Å². The first kappa shape index (κ1) is 11.5. The first-order valence-corrected chi connectivity index (χ1v) is 5.05. The van der Waals surface area contributed by atoms with E-state index in [4.69, 9.17) is 0 Å². The molecule has 0 fully saturated rings. The summed E-state index contributed by atoms with van der Waals surface area (Å²) in [5.41, 5.74) is 0. The molecule has 0 spiro atoms. The van der Waals surface area contributed by atoms with Gasteiger partial charge < -0.3 is 0 Å². The Hall–Kier alpha value is -0.587. The van der Waals surface area contributed by atoms with Crippen LogP contribution >= 0.6 is 11.8 Å². The minimum absolute atomic E-state index is 0. The Labute approximate surface area is 101 Å². The van der Waals surface area contributed by atoms with Gasteiger partial charge in [0.05, 0.1) is 0 Å². The fraction of sp³-hybridized carbons (Fsp3) is 0. The molecule has 66 valence electrons. The van der Waals surface area contributed by atoms with Gasteiger partial charge in [-0.1, -0.05) is 48.2 Å². The molecule has 2 heteroatoms. The molecule has 0 aliphatic carbocycles. The average molecular weight is 252 g/mol. The zero-order valence-electron chi connectivity index (χ0n) is 7.89. The smallest absolute Gasteiger partial charge is 0.0122 e. The standard InChI is InChI=1S/C12H10S.Zn/c1-3-7-11(8-4-1)13-12-9-5-2-6-10-12;/h1-10H;. The van der Waals surface area contributed by atoms with Gasteiger partial charge in [-0.05, 0) is 24.3 Å². The van der Waals surface area contributed by atoms with Crippen LogP contribution in [0.5, 0.6) is 0 Å². The van der Waals surface area contributed by atoms with Crippen LogP contribution in [0.2, 0.25) is 0 Å². The third kappa shape index (κ3) is 3.28. The van der Waals surface area contributed by atoms with E-state index >= 15 is 0 Å². The summed E-state index contributed by atoms with van der Waals surface area (Å²) in [5.74, 6) is 0. The summed E-state index contributed by atoms with van der Waals surface area (Å²) in [6, 6.07) is 20.8. The van der Waals surface area contributed by atoms with E-state index in [1.807, 2.05) is 12.1 Å². The molecular weight excluding hydrogens is 242 g/mol. The van der Waals surface area contributed by atoms with E-state index in [1.165, 1.54) is 9.79 Å². The van der Waals surface area contributed by atoms with Crippen LogP contribution in [0.4, 0.5) is 0 Å². The van der Waals surface area contributed by atoms with Gasteiger partial charge in [-0.2, -0.15) is 0 Å². The molecule has 0 N–H and O–H groups in total. The molecule has 0 amide bonds. The van der Waals surface area contributed by atoms with E-state index in [9.17, 15) is 0 Å². The van der Waals surface area contributed by atoms with Gasteiger partial charge in [-0.3, -0.25) is 0 Å². The summed E-state index contributed by atoms with van der Waals surface area (Å²) in [5, 5.41) is 0. The summed E-state index contributed by atoms with van der Waals surface area (Å²) in [7, 11) is 0. The molecule has 2 aromatic carbocycles. The molecule has 14 heavy (non-hydrogen) atoms. The van der Waals surface area contributed by atoms with Gasteiger partial charge in [-0.15, -0.1) is 0 Å². The predicted molar refractivity (Wildman–Crippen MR) is 57.0 cm³/mol. The Morgan fingerprint density at radius 3 is 1.29 bits per heavy atom. The molecule has 0 bridgehead atoms. The number of rotatable bonds is 2. The molecule has 0 saturated heterocycles. The largest absolute Gasteiger partial charge is 0.0901 e. The van der Waals surface area contributed by atoms with Crippen LogP contribution in [0.3, 0.4) is 0 Å². The van der Waals surface area contributed by atoms with Gasteiger partial charge in [0, 0.05) is 29.3 Å². The molecule has 0 saturated carbocycles. The van der Waals surface area contributed by atoms with Gasteiger partial charge in [0.1, 0.15) is 0 Å². The Kier molecular flexibility index (Phi) is 4.93. The van der Waals surface area contributed by atoms with E-state index in [2.05, 4.69) is 48.5 Å². The molecule has 0 atom stereocenters. The van der Waals surface area contributed by atoms with Gasteiger partial charge in [0.2, 0.25) is 0 Å². The topological polar surface area (TPSA) is 0 Å². The Bertz CT molecular complexity index is 321. The summed E-state index contributed by atoms with van der Waals surface area (Å²) in [6.45, 7) is 0. The summed E-state index contributed by atoms with van der Waals surface area (Å²) >= 11 is 1.79. The molecule has 0 unspecified atom stereocenters. The van der Waals surface area contributed by atoms with Crippen molar-refractivity contribution < 1.29 is 19.5 Å². The maximum absolute atomic E-state index is 2.12. The Morgan fingerprint density at radius 1 is 0.571 bits per heavy atom. The zero-order chi connectivity index (χ0) is 8.93. The third-order valence-electron chi connectivity index (χ3n) is 1.72. The molecule has 2 aromatic rings. The van der Waals surface area contributed by atoms with Gasteiger partial charge in [0.15, 0.2) is 0 Å². The number of hydrogen-bond acceptors (Lipinski definition) is 1. The second kappa shape index (κ2) is 6.00. The van der Waals surface area contributed by atoms with Crippen molar-refractivity contribution in [2.75, 3.05) is 0 Å². The second-order valence-electron chi connectivity index (χ2n) is 2.73. The van der Waals surface area contributed by atoms with Crippen LogP contribution < -0.4 is 0 Å². The van der Waals surface area contributed by atoms with Gasteiger partial charge >= 0.3 is 0 Å². The third-order valence-corrected chi connectivity index (χ3v) is 2.74.